The van der Waals surface area contributed by atoms with Gasteiger partial charge < -0.3 is 5.32 Å². The SMILES string of the molecule is Cc1sc(Br)cc1S(=O)(=O)NC1CCCNC1C.Cl. The molecule has 0 spiro atoms. The van der Waals surface area contributed by atoms with Crippen molar-refractivity contribution in [2.75, 3.05) is 6.54 Å². The van der Waals surface area contributed by atoms with Crippen LogP contribution in [0, 0.1) is 6.92 Å². The van der Waals surface area contributed by atoms with E-state index in [0.29, 0.717) is 4.90 Å². The Morgan fingerprint density at radius 1 is 1.53 bits per heavy atom. The van der Waals surface area contributed by atoms with Crippen molar-refractivity contribution in [2.24, 2.45) is 0 Å². The molecule has 1 aliphatic rings. The van der Waals surface area contributed by atoms with Gasteiger partial charge >= 0.3 is 0 Å². The van der Waals surface area contributed by atoms with Gasteiger partial charge in [0, 0.05) is 17.0 Å². The van der Waals surface area contributed by atoms with Crippen LogP contribution in [0.2, 0.25) is 0 Å². The van der Waals surface area contributed by atoms with Crippen molar-refractivity contribution in [1.29, 1.82) is 0 Å². The van der Waals surface area contributed by atoms with Gasteiger partial charge in [-0.2, -0.15) is 0 Å². The second-order valence-electron chi connectivity index (χ2n) is 4.58. The van der Waals surface area contributed by atoms with Gasteiger partial charge in [0.1, 0.15) is 0 Å². The molecule has 8 heteroatoms. The van der Waals surface area contributed by atoms with Gasteiger partial charge in [0.15, 0.2) is 0 Å². The molecule has 2 atom stereocenters. The second kappa shape index (κ2) is 6.87. The van der Waals surface area contributed by atoms with Crippen molar-refractivity contribution >= 4 is 49.7 Å². The van der Waals surface area contributed by atoms with Crippen LogP contribution in [0.15, 0.2) is 14.7 Å². The molecule has 0 bridgehead atoms. The normalized spacial score (nSPS) is 23.9. The molecule has 0 aromatic carbocycles. The van der Waals surface area contributed by atoms with Gasteiger partial charge in [0.2, 0.25) is 10.0 Å². The number of thiophene rings is 1. The number of aryl methyl sites for hydroxylation is 1. The highest BCUT2D eigenvalue weighted by molar-refractivity contribution is 9.11. The summed E-state index contributed by atoms with van der Waals surface area (Å²) in [5.41, 5.74) is 0. The van der Waals surface area contributed by atoms with Crippen LogP contribution in [0.4, 0.5) is 0 Å². The molecule has 1 aliphatic heterocycles. The van der Waals surface area contributed by atoms with Gasteiger partial charge in [0.25, 0.3) is 0 Å². The minimum absolute atomic E-state index is 0. The predicted molar refractivity (Wildman–Crippen MR) is 84.8 cm³/mol. The number of nitrogens with one attached hydrogen (secondary N) is 2. The Balaban J connectivity index is 0.00000180. The Hall–Kier alpha value is 0.340. The van der Waals surface area contributed by atoms with Crippen molar-refractivity contribution in [3.8, 4) is 0 Å². The number of rotatable bonds is 3. The van der Waals surface area contributed by atoms with Crippen molar-refractivity contribution in [1.82, 2.24) is 10.0 Å². The lowest BCUT2D eigenvalue weighted by Crippen LogP contribution is -2.51. The highest BCUT2D eigenvalue weighted by Crippen LogP contribution is 2.30. The monoisotopic (exact) mass is 388 g/mol. The lowest BCUT2D eigenvalue weighted by atomic mass is 10.0. The molecule has 0 amide bonds. The Bertz CT molecular complexity index is 533. The largest absolute Gasteiger partial charge is 0.313 e. The summed E-state index contributed by atoms with van der Waals surface area (Å²) in [4.78, 5) is 1.20. The second-order valence-corrected chi connectivity index (χ2v) is 8.90. The fourth-order valence-corrected chi connectivity index (χ4v) is 5.93. The standard InChI is InChI=1S/C11H17BrN2O2S2.ClH/c1-7-9(4-3-5-13-7)14-18(15,16)10-6-11(12)17-8(10)2;/h6-7,9,13-14H,3-5H2,1-2H3;1H. The van der Waals surface area contributed by atoms with Gasteiger partial charge in [-0.15, -0.1) is 23.7 Å². The first-order chi connectivity index (χ1) is 8.40. The Kier molecular flexibility index (Phi) is 6.28. The maximum atomic E-state index is 12.3. The van der Waals surface area contributed by atoms with Crippen LogP contribution in [-0.4, -0.2) is 27.0 Å². The summed E-state index contributed by atoms with van der Waals surface area (Å²) in [6.45, 7) is 4.80. The molecule has 2 rings (SSSR count). The molecule has 1 fully saturated rings. The van der Waals surface area contributed by atoms with E-state index < -0.39 is 10.0 Å². The van der Waals surface area contributed by atoms with Gasteiger partial charge in [-0.1, -0.05) is 0 Å². The van der Waals surface area contributed by atoms with Gasteiger partial charge in [-0.25, -0.2) is 13.1 Å². The topological polar surface area (TPSA) is 58.2 Å². The number of piperidine rings is 1. The van der Waals surface area contributed by atoms with E-state index in [9.17, 15) is 8.42 Å². The van der Waals surface area contributed by atoms with E-state index >= 15 is 0 Å². The van der Waals surface area contributed by atoms with Crippen LogP contribution in [0.5, 0.6) is 0 Å². The minimum Gasteiger partial charge on any atom is -0.313 e. The van der Waals surface area contributed by atoms with Crippen LogP contribution >= 0.6 is 39.7 Å². The van der Waals surface area contributed by atoms with E-state index in [1.807, 2.05) is 13.8 Å². The van der Waals surface area contributed by atoms with E-state index in [-0.39, 0.29) is 24.5 Å². The summed E-state index contributed by atoms with van der Waals surface area (Å²) < 4.78 is 28.3. The summed E-state index contributed by atoms with van der Waals surface area (Å²) in [7, 11) is -3.41. The Morgan fingerprint density at radius 2 is 2.21 bits per heavy atom. The lowest BCUT2D eigenvalue weighted by molar-refractivity contribution is 0.349. The summed E-state index contributed by atoms with van der Waals surface area (Å²) in [6.07, 6.45) is 1.89. The maximum absolute atomic E-state index is 12.3. The highest BCUT2D eigenvalue weighted by atomic mass is 79.9. The van der Waals surface area contributed by atoms with Crippen LogP contribution in [-0.2, 0) is 10.0 Å². The van der Waals surface area contributed by atoms with E-state index in [1.165, 1.54) is 11.3 Å². The average Bonchev–Trinajstić information content (AvgIpc) is 2.62. The molecule has 2 heterocycles. The first-order valence-corrected chi connectivity index (χ1v) is 9.01. The molecule has 19 heavy (non-hydrogen) atoms. The third-order valence-corrected chi connectivity index (χ3v) is 6.50. The van der Waals surface area contributed by atoms with Crippen molar-refractivity contribution < 1.29 is 8.42 Å². The quantitative estimate of drug-likeness (QED) is 0.835. The van der Waals surface area contributed by atoms with Crippen molar-refractivity contribution in [3.05, 3.63) is 14.7 Å². The minimum atomic E-state index is -3.41. The number of hydrogen-bond acceptors (Lipinski definition) is 4. The molecule has 4 nitrogen and oxygen atoms in total. The predicted octanol–water partition coefficient (Wildman–Crippen LogP) is 2.66. The van der Waals surface area contributed by atoms with E-state index in [4.69, 9.17) is 0 Å². The third kappa shape index (κ3) is 4.15. The van der Waals surface area contributed by atoms with Crippen LogP contribution in [0.3, 0.4) is 0 Å². The summed E-state index contributed by atoms with van der Waals surface area (Å²) in [6, 6.07) is 1.82. The molecule has 0 saturated carbocycles. The highest BCUT2D eigenvalue weighted by Gasteiger charge is 2.28. The Morgan fingerprint density at radius 3 is 2.74 bits per heavy atom. The van der Waals surface area contributed by atoms with Crippen LogP contribution < -0.4 is 10.0 Å². The molecule has 0 radical (unpaired) electrons. The number of halogens is 2. The number of hydrogen-bond donors (Lipinski definition) is 2. The third-order valence-electron chi connectivity index (χ3n) is 3.20. The first-order valence-electron chi connectivity index (χ1n) is 5.92. The molecule has 1 aromatic heterocycles. The number of sulfonamides is 1. The smallest absolute Gasteiger partial charge is 0.242 e. The zero-order valence-corrected chi connectivity index (χ0v) is 14.8. The van der Waals surface area contributed by atoms with E-state index in [2.05, 4.69) is 26.0 Å². The zero-order valence-electron chi connectivity index (χ0n) is 10.8. The van der Waals surface area contributed by atoms with Gasteiger partial charge in [0.05, 0.1) is 8.68 Å². The molecule has 0 aliphatic carbocycles. The summed E-state index contributed by atoms with van der Waals surface area (Å²) in [5.74, 6) is 0. The fourth-order valence-electron chi connectivity index (χ4n) is 2.17. The average molecular weight is 390 g/mol. The zero-order chi connectivity index (χ0) is 13.3. The van der Waals surface area contributed by atoms with E-state index in [0.717, 1.165) is 28.0 Å². The van der Waals surface area contributed by atoms with Gasteiger partial charge in [-0.05, 0) is 55.2 Å². The molecule has 2 unspecified atom stereocenters. The molecule has 1 aromatic rings. The maximum Gasteiger partial charge on any atom is 0.242 e. The van der Waals surface area contributed by atoms with Crippen molar-refractivity contribution in [3.63, 3.8) is 0 Å². The lowest BCUT2D eigenvalue weighted by Gasteiger charge is -2.30. The summed E-state index contributed by atoms with van der Waals surface area (Å²) in [5, 5.41) is 3.29. The van der Waals surface area contributed by atoms with Crippen LogP contribution in [0.1, 0.15) is 24.6 Å². The van der Waals surface area contributed by atoms with Gasteiger partial charge in [-0.3, -0.25) is 0 Å². The molecule has 110 valence electrons. The molecule has 2 N–H and O–H groups in total. The first kappa shape index (κ1) is 17.4. The van der Waals surface area contributed by atoms with E-state index in [1.54, 1.807) is 6.07 Å². The molecule has 1 saturated heterocycles. The van der Waals surface area contributed by atoms with Crippen molar-refractivity contribution in [2.45, 2.75) is 43.7 Å². The molecular weight excluding hydrogens is 372 g/mol. The van der Waals surface area contributed by atoms with Crippen LogP contribution in [0.25, 0.3) is 0 Å². The fraction of sp³-hybridized carbons (Fsp3) is 0.636. The Labute approximate surface area is 133 Å². The summed E-state index contributed by atoms with van der Waals surface area (Å²) >= 11 is 4.77. The molecular formula is C11H18BrClN2O2S2.